The van der Waals surface area contributed by atoms with Gasteiger partial charge in [0.2, 0.25) is 5.16 Å². The molecule has 180 valence electrons. The van der Waals surface area contributed by atoms with Crippen molar-refractivity contribution in [3.63, 3.8) is 0 Å². The van der Waals surface area contributed by atoms with Gasteiger partial charge in [0.15, 0.2) is 5.82 Å². The number of nitrogens with zero attached hydrogens (tertiary/aromatic N) is 6. The van der Waals surface area contributed by atoms with Gasteiger partial charge < -0.3 is 5.32 Å². The van der Waals surface area contributed by atoms with E-state index in [0.717, 1.165) is 28.3 Å². The minimum Gasteiger partial charge on any atom is -0.322 e. The van der Waals surface area contributed by atoms with Crippen LogP contribution in [0.2, 0.25) is 0 Å². The summed E-state index contributed by atoms with van der Waals surface area (Å²) >= 11 is 1.48. The molecular formula is C26H24N8OS. The quantitative estimate of drug-likeness (QED) is 0.307. The number of nitrogens with one attached hydrogen (secondary N) is 2. The number of carbonyl (C=O) groups excluding carboxylic acids is 1. The number of hydrogen-bond donors (Lipinski definition) is 2. The number of carbonyl (C=O) groups is 1. The Bertz CT molecular complexity index is 1570. The maximum atomic E-state index is 13.1. The molecule has 0 aliphatic heterocycles. The predicted molar refractivity (Wildman–Crippen MR) is 138 cm³/mol. The van der Waals surface area contributed by atoms with E-state index in [-0.39, 0.29) is 5.91 Å². The molecule has 3 heterocycles. The zero-order valence-corrected chi connectivity index (χ0v) is 20.7. The molecule has 0 unspecified atom stereocenters. The zero-order chi connectivity index (χ0) is 24.6. The van der Waals surface area contributed by atoms with Gasteiger partial charge in [0, 0.05) is 39.9 Å². The summed E-state index contributed by atoms with van der Waals surface area (Å²) in [7, 11) is 0. The number of amides is 1. The van der Waals surface area contributed by atoms with Crippen LogP contribution >= 0.6 is 11.8 Å². The summed E-state index contributed by atoms with van der Waals surface area (Å²) in [6.45, 7) is 3.92. The van der Waals surface area contributed by atoms with Crippen molar-refractivity contribution in [2.75, 3.05) is 5.32 Å². The third-order valence-corrected chi connectivity index (χ3v) is 6.97. The summed E-state index contributed by atoms with van der Waals surface area (Å²) in [4.78, 5) is 26.7. The van der Waals surface area contributed by atoms with Gasteiger partial charge in [-0.2, -0.15) is 10.1 Å². The SMILES string of the molecule is Cc1cc(C)n2nc(SCc3ccccc3C(=O)Nc3ccc(-c4n[nH]c(C5CC5)n4)cc3)nc2n1. The highest BCUT2D eigenvalue weighted by atomic mass is 32.2. The third kappa shape index (κ3) is 4.59. The summed E-state index contributed by atoms with van der Waals surface area (Å²) < 4.78 is 1.74. The molecule has 1 aliphatic rings. The van der Waals surface area contributed by atoms with Crippen LogP contribution in [0.4, 0.5) is 5.69 Å². The monoisotopic (exact) mass is 496 g/mol. The van der Waals surface area contributed by atoms with Gasteiger partial charge in [0.25, 0.3) is 11.7 Å². The maximum absolute atomic E-state index is 13.1. The molecule has 5 aromatic rings. The lowest BCUT2D eigenvalue weighted by Crippen LogP contribution is -2.14. The first-order valence-electron chi connectivity index (χ1n) is 11.8. The zero-order valence-electron chi connectivity index (χ0n) is 19.9. The number of H-pyrrole nitrogens is 1. The van der Waals surface area contributed by atoms with Gasteiger partial charge in [0.05, 0.1) is 0 Å². The number of anilines is 1. The number of aromatic nitrogens is 7. The lowest BCUT2D eigenvalue weighted by atomic mass is 10.1. The molecule has 0 spiro atoms. The van der Waals surface area contributed by atoms with Crippen molar-refractivity contribution < 1.29 is 4.79 Å². The van der Waals surface area contributed by atoms with Crippen LogP contribution in [0.15, 0.2) is 59.8 Å². The van der Waals surface area contributed by atoms with Crippen LogP contribution < -0.4 is 5.32 Å². The highest BCUT2D eigenvalue weighted by molar-refractivity contribution is 7.98. The van der Waals surface area contributed by atoms with Crippen LogP contribution in [0.3, 0.4) is 0 Å². The molecular weight excluding hydrogens is 472 g/mol. The Morgan fingerprint density at radius 3 is 2.69 bits per heavy atom. The first-order chi connectivity index (χ1) is 17.5. The smallest absolute Gasteiger partial charge is 0.255 e. The number of fused-ring (bicyclic) bond motifs is 1. The first kappa shape index (κ1) is 22.4. The second-order valence-electron chi connectivity index (χ2n) is 8.94. The Morgan fingerprint density at radius 2 is 1.89 bits per heavy atom. The largest absolute Gasteiger partial charge is 0.322 e. The van der Waals surface area contributed by atoms with Crippen molar-refractivity contribution in [1.82, 2.24) is 34.8 Å². The van der Waals surface area contributed by atoms with E-state index < -0.39 is 0 Å². The lowest BCUT2D eigenvalue weighted by Gasteiger charge is -2.10. The molecule has 0 atom stereocenters. The third-order valence-electron chi connectivity index (χ3n) is 6.09. The molecule has 3 aromatic heterocycles. The fourth-order valence-electron chi connectivity index (χ4n) is 4.06. The van der Waals surface area contributed by atoms with Gasteiger partial charge in [-0.1, -0.05) is 30.0 Å². The van der Waals surface area contributed by atoms with E-state index >= 15 is 0 Å². The molecule has 10 heteroatoms. The molecule has 9 nitrogen and oxygen atoms in total. The van der Waals surface area contributed by atoms with Crippen LogP contribution in [0.25, 0.3) is 17.2 Å². The van der Waals surface area contributed by atoms with E-state index in [4.69, 9.17) is 0 Å². The van der Waals surface area contributed by atoms with E-state index in [1.165, 1.54) is 24.6 Å². The van der Waals surface area contributed by atoms with Gasteiger partial charge in [-0.15, -0.1) is 5.10 Å². The van der Waals surface area contributed by atoms with Crippen LogP contribution in [0, 0.1) is 13.8 Å². The molecule has 1 saturated carbocycles. The predicted octanol–water partition coefficient (Wildman–Crippen LogP) is 4.95. The molecule has 1 fully saturated rings. The highest BCUT2D eigenvalue weighted by Crippen LogP contribution is 2.38. The molecule has 0 bridgehead atoms. The maximum Gasteiger partial charge on any atom is 0.255 e. The van der Waals surface area contributed by atoms with Crippen molar-refractivity contribution in [3.05, 3.63) is 82.9 Å². The fraction of sp³-hybridized carbons (Fsp3) is 0.231. The second kappa shape index (κ2) is 9.19. The summed E-state index contributed by atoms with van der Waals surface area (Å²) in [6, 6.07) is 17.1. The van der Waals surface area contributed by atoms with Crippen molar-refractivity contribution in [1.29, 1.82) is 0 Å². The normalized spacial score (nSPS) is 13.3. The first-order valence-corrected chi connectivity index (χ1v) is 12.8. The summed E-state index contributed by atoms with van der Waals surface area (Å²) in [6.07, 6.45) is 2.34. The molecule has 1 aliphatic carbocycles. The topological polar surface area (TPSA) is 114 Å². The van der Waals surface area contributed by atoms with Gasteiger partial charge in [-0.3, -0.25) is 9.89 Å². The Morgan fingerprint density at radius 1 is 1.08 bits per heavy atom. The lowest BCUT2D eigenvalue weighted by molar-refractivity contribution is 0.102. The van der Waals surface area contributed by atoms with Crippen LogP contribution in [0.1, 0.15) is 51.9 Å². The Labute approximate surface area is 211 Å². The number of thioether (sulfide) groups is 1. The number of aryl methyl sites for hydroxylation is 2. The molecule has 0 saturated heterocycles. The molecule has 2 aromatic carbocycles. The minimum atomic E-state index is -0.163. The Balaban J connectivity index is 1.14. The van der Waals surface area contributed by atoms with Crippen molar-refractivity contribution >= 4 is 29.1 Å². The van der Waals surface area contributed by atoms with Crippen molar-refractivity contribution in [3.8, 4) is 11.4 Å². The summed E-state index contributed by atoms with van der Waals surface area (Å²) in [5, 5.41) is 15.5. The number of benzene rings is 2. The second-order valence-corrected chi connectivity index (χ2v) is 9.88. The number of hydrogen-bond acceptors (Lipinski definition) is 7. The molecule has 2 N–H and O–H groups in total. The van der Waals surface area contributed by atoms with Crippen LogP contribution in [-0.4, -0.2) is 40.7 Å². The van der Waals surface area contributed by atoms with E-state index in [2.05, 4.69) is 35.6 Å². The highest BCUT2D eigenvalue weighted by Gasteiger charge is 2.27. The molecule has 0 radical (unpaired) electrons. The summed E-state index contributed by atoms with van der Waals surface area (Å²) in [5.41, 5.74) is 5.03. The average Bonchev–Trinajstić information content (AvgIpc) is 3.45. The van der Waals surface area contributed by atoms with Gasteiger partial charge in [0.1, 0.15) is 5.82 Å². The standard InChI is InChI=1S/C26H24N8OS/c1-15-13-16(2)34-25(27-15)30-26(33-34)36-14-19-5-3-4-6-21(19)24(35)28-20-11-9-18(10-12-20)23-29-22(31-32-23)17-7-8-17/h3-6,9-13,17H,7-8,14H2,1-2H3,(H,28,35)(H,29,31,32). The van der Waals surface area contributed by atoms with Crippen molar-refractivity contribution in [2.24, 2.45) is 0 Å². The van der Waals surface area contributed by atoms with E-state index in [0.29, 0.717) is 39.7 Å². The fourth-order valence-corrected chi connectivity index (χ4v) is 4.88. The van der Waals surface area contributed by atoms with Crippen LogP contribution in [-0.2, 0) is 5.75 Å². The molecule has 36 heavy (non-hydrogen) atoms. The van der Waals surface area contributed by atoms with Gasteiger partial charge >= 0.3 is 0 Å². The summed E-state index contributed by atoms with van der Waals surface area (Å²) in [5.74, 6) is 3.14. The number of rotatable bonds is 7. The molecule has 1 amide bonds. The van der Waals surface area contributed by atoms with Gasteiger partial charge in [-0.25, -0.2) is 14.5 Å². The van der Waals surface area contributed by atoms with E-state index in [1.54, 1.807) is 4.52 Å². The van der Waals surface area contributed by atoms with E-state index in [9.17, 15) is 4.79 Å². The number of aromatic amines is 1. The van der Waals surface area contributed by atoms with Crippen molar-refractivity contribution in [2.45, 2.75) is 43.5 Å². The Hall–Kier alpha value is -4.05. The molecule has 6 rings (SSSR count). The minimum absolute atomic E-state index is 0.163. The van der Waals surface area contributed by atoms with Gasteiger partial charge in [-0.05, 0) is 68.7 Å². The Kier molecular flexibility index (Phi) is 5.73. The van der Waals surface area contributed by atoms with Crippen LogP contribution in [0.5, 0.6) is 0 Å². The van der Waals surface area contributed by atoms with E-state index in [1.807, 2.05) is 68.4 Å². The average molecular weight is 497 g/mol.